The number of primary amides is 1. The van der Waals surface area contributed by atoms with E-state index in [0.29, 0.717) is 12.6 Å². The second-order valence-electron chi connectivity index (χ2n) is 7.65. The number of hydrogen-bond acceptors (Lipinski definition) is 3. The van der Waals surface area contributed by atoms with Crippen molar-refractivity contribution in [2.24, 2.45) is 10.7 Å². The molecule has 1 aromatic rings. The molecule has 0 aromatic heterocycles. The average Bonchev–Trinajstić information content (AvgIpc) is 3.42. The summed E-state index contributed by atoms with van der Waals surface area (Å²) < 4.78 is 0. The Balaban J connectivity index is 1.57. The Hall–Kier alpha value is -1.79. The summed E-state index contributed by atoms with van der Waals surface area (Å²) in [5, 5.41) is 7.71. The van der Waals surface area contributed by atoms with Gasteiger partial charge < -0.3 is 16.4 Å². The monoisotopic (exact) mass is 391 g/mol. The first-order valence-electron chi connectivity index (χ1n) is 9.82. The summed E-state index contributed by atoms with van der Waals surface area (Å²) in [6, 6.07) is 8.53. The molecule has 148 valence electrons. The van der Waals surface area contributed by atoms with Gasteiger partial charge in [-0.05, 0) is 50.3 Å². The van der Waals surface area contributed by atoms with Crippen molar-refractivity contribution in [2.75, 3.05) is 32.7 Å². The van der Waals surface area contributed by atoms with Crippen LogP contribution in [0.4, 0.5) is 0 Å². The van der Waals surface area contributed by atoms with Gasteiger partial charge in [0.2, 0.25) is 5.91 Å². The molecule has 2 aliphatic rings. The number of halogens is 1. The molecule has 6 nitrogen and oxygen atoms in total. The zero-order valence-electron chi connectivity index (χ0n) is 16.0. The molecule has 1 heterocycles. The molecule has 0 radical (unpaired) electrons. The number of hydrogen-bond donors (Lipinski definition) is 3. The normalized spacial score (nSPS) is 20.3. The van der Waals surface area contributed by atoms with Crippen molar-refractivity contribution in [3.63, 3.8) is 0 Å². The van der Waals surface area contributed by atoms with Crippen molar-refractivity contribution in [3.05, 3.63) is 34.9 Å². The molecule has 0 atom stereocenters. The number of guanidine groups is 1. The smallest absolute Gasteiger partial charge is 0.231 e. The Bertz CT molecular complexity index is 681. The number of nitrogens with two attached hydrogens (primary N) is 1. The molecule has 27 heavy (non-hydrogen) atoms. The number of likely N-dealkylation sites (tertiary alicyclic amines) is 1. The van der Waals surface area contributed by atoms with Gasteiger partial charge >= 0.3 is 0 Å². The summed E-state index contributed by atoms with van der Waals surface area (Å²) in [6.45, 7) is 5.79. The topological polar surface area (TPSA) is 82.8 Å². The molecular formula is C20H30ClN5O. The van der Waals surface area contributed by atoms with Gasteiger partial charge in [0.25, 0.3) is 0 Å². The number of nitrogens with zero attached hydrogens (tertiary/aromatic N) is 2. The van der Waals surface area contributed by atoms with Gasteiger partial charge in [-0.25, -0.2) is 0 Å². The van der Waals surface area contributed by atoms with Gasteiger partial charge in [0.15, 0.2) is 5.96 Å². The van der Waals surface area contributed by atoms with E-state index in [1.807, 2.05) is 12.1 Å². The van der Waals surface area contributed by atoms with Crippen LogP contribution in [0.1, 0.15) is 38.2 Å². The van der Waals surface area contributed by atoms with E-state index in [2.05, 4.69) is 34.6 Å². The molecule has 0 unspecified atom stereocenters. The molecule has 1 saturated heterocycles. The summed E-state index contributed by atoms with van der Waals surface area (Å²) in [6.07, 6.45) is 4.28. The van der Waals surface area contributed by atoms with E-state index in [1.54, 1.807) is 0 Å². The lowest BCUT2D eigenvalue weighted by Gasteiger charge is -2.32. The maximum Gasteiger partial charge on any atom is 0.231 e. The maximum absolute atomic E-state index is 11.1. The fourth-order valence-electron chi connectivity index (χ4n) is 3.71. The molecule has 1 aliphatic heterocycles. The van der Waals surface area contributed by atoms with E-state index in [9.17, 15) is 4.79 Å². The van der Waals surface area contributed by atoms with E-state index in [1.165, 1.54) is 5.56 Å². The Labute approximate surface area is 166 Å². The minimum atomic E-state index is -0.257. The largest absolute Gasteiger partial charge is 0.369 e. The summed E-state index contributed by atoms with van der Waals surface area (Å²) >= 11 is 6.17. The number of amides is 1. The fraction of sp³-hybridized carbons (Fsp3) is 0.600. The van der Waals surface area contributed by atoms with Crippen molar-refractivity contribution in [2.45, 2.75) is 44.1 Å². The lowest BCUT2D eigenvalue weighted by atomic mass is 9.96. The SMILES string of the molecule is CCNC(=NCC1(c2cccc(Cl)c2)CC1)NC1CCN(CC(N)=O)CC1. The van der Waals surface area contributed by atoms with E-state index < -0.39 is 0 Å². The minimum absolute atomic E-state index is 0.137. The molecule has 1 saturated carbocycles. The van der Waals surface area contributed by atoms with Crippen LogP contribution in [-0.4, -0.2) is 55.5 Å². The first-order valence-corrected chi connectivity index (χ1v) is 10.2. The lowest BCUT2D eigenvalue weighted by molar-refractivity contribution is -0.119. The Morgan fingerprint density at radius 1 is 1.37 bits per heavy atom. The number of rotatable bonds is 7. The van der Waals surface area contributed by atoms with Crippen LogP contribution in [0.3, 0.4) is 0 Å². The van der Waals surface area contributed by atoms with Crippen LogP contribution in [0.5, 0.6) is 0 Å². The summed E-state index contributed by atoms with van der Waals surface area (Å²) in [7, 11) is 0. The molecule has 4 N–H and O–H groups in total. The van der Waals surface area contributed by atoms with Gasteiger partial charge in [-0.2, -0.15) is 0 Å². The molecule has 1 aromatic carbocycles. The minimum Gasteiger partial charge on any atom is -0.369 e. The maximum atomic E-state index is 11.1. The van der Waals surface area contributed by atoms with Gasteiger partial charge in [0.1, 0.15) is 0 Å². The summed E-state index contributed by atoms with van der Waals surface area (Å²) in [5.41, 5.74) is 6.71. The summed E-state index contributed by atoms with van der Waals surface area (Å²) in [5.74, 6) is 0.617. The molecule has 0 spiro atoms. The third-order valence-electron chi connectivity index (χ3n) is 5.48. The van der Waals surface area contributed by atoms with E-state index in [-0.39, 0.29) is 11.3 Å². The molecule has 7 heteroatoms. The van der Waals surface area contributed by atoms with Crippen molar-refractivity contribution in [1.29, 1.82) is 0 Å². The highest BCUT2D eigenvalue weighted by Gasteiger charge is 2.44. The van der Waals surface area contributed by atoms with Crippen LogP contribution in [-0.2, 0) is 10.2 Å². The van der Waals surface area contributed by atoms with E-state index in [4.69, 9.17) is 22.3 Å². The number of piperidine rings is 1. The summed E-state index contributed by atoms with van der Waals surface area (Å²) in [4.78, 5) is 18.1. The second-order valence-corrected chi connectivity index (χ2v) is 8.08. The number of nitrogens with one attached hydrogen (secondary N) is 2. The van der Waals surface area contributed by atoms with Crippen molar-refractivity contribution >= 4 is 23.5 Å². The van der Waals surface area contributed by atoms with E-state index in [0.717, 1.165) is 62.8 Å². The zero-order chi connectivity index (χ0) is 19.3. The highest BCUT2D eigenvalue weighted by Crippen LogP contribution is 2.48. The quantitative estimate of drug-likeness (QED) is 0.489. The van der Waals surface area contributed by atoms with E-state index >= 15 is 0 Å². The Morgan fingerprint density at radius 2 is 2.11 bits per heavy atom. The van der Waals surface area contributed by atoms with Gasteiger partial charge in [0.05, 0.1) is 13.1 Å². The first-order chi connectivity index (χ1) is 13.0. The Kier molecular flexibility index (Phi) is 6.60. The standard InChI is InChI=1S/C20H30ClN5O/c1-2-23-19(25-17-6-10-26(11-7-17)13-18(22)27)24-14-20(8-9-20)15-4-3-5-16(21)12-15/h3-5,12,17H,2,6-11,13-14H2,1H3,(H2,22,27)(H2,23,24,25). The Morgan fingerprint density at radius 3 is 2.70 bits per heavy atom. The lowest BCUT2D eigenvalue weighted by Crippen LogP contribution is -2.50. The molecule has 1 aliphatic carbocycles. The predicted molar refractivity (Wildman–Crippen MR) is 110 cm³/mol. The predicted octanol–water partition coefficient (Wildman–Crippen LogP) is 1.88. The van der Waals surface area contributed by atoms with Crippen molar-refractivity contribution in [3.8, 4) is 0 Å². The van der Waals surface area contributed by atoms with Gasteiger partial charge in [-0.1, -0.05) is 23.7 Å². The number of carbonyl (C=O) groups excluding carboxylic acids is 1. The van der Waals surface area contributed by atoms with Crippen LogP contribution < -0.4 is 16.4 Å². The van der Waals surface area contributed by atoms with Crippen LogP contribution in [0, 0.1) is 0 Å². The average molecular weight is 392 g/mol. The highest BCUT2D eigenvalue weighted by atomic mass is 35.5. The van der Waals surface area contributed by atoms with Gasteiger partial charge in [-0.15, -0.1) is 0 Å². The van der Waals surface area contributed by atoms with Crippen molar-refractivity contribution in [1.82, 2.24) is 15.5 Å². The number of aliphatic imine (C=N–C) groups is 1. The van der Waals surface area contributed by atoms with Crippen LogP contribution in [0.15, 0.2) is 29.3 Å². The third-order valence-corrected chi connectivity index (χ3v) is 5.72. The number of benzene rings is 1. The fourth-order valence-corrected chi connectivity index (χ4v) is 3.90. The zero-order valence-corrected chi connectivity index (χ0v) is 16.8. The number of carbonyl (C=O) groups is 1. The molecule has 3 rings (SSSR count). The first kappa shape index (κ1) is 20.0. The molecule has 2 fully saturated rings. The molecule has 0 bridgehead atoms. The van der Waals surface area contributed by atoms with Gasteiger partial charge in [0, 0.05) is 36.1 Å². The van der Waals surface area contributed by atoms with Gasteiger partial charge in [-0.3, -0.25) is 14.7 Å². The third kappa shape index (κ3) is 5.59. The van der Waals surface area contributed by atoms with Crippen LogP contribution in [0.2, 0.25) is 5.02 Å². The second kappa shape index (κ2) is 8.93. The molecule has 1 amide bonds. The highest BCUT2D eigenvalue weighted by molar-refractivity contribution is 6.30. The van der Waals surface area contributed by atoms with Crippen LogP contribution >= 0.6 is 11.6 Å². The molecular weight excluding hydrogens is 362 g/mol. The van der Waals surface area contributed by atoms with Crippen LogP contribution in [0.25, 0.3) is 0 Å². The van der Waals surface area contributed by atoms with Crippen molar-refractivity contribution < 1.29 is 4.79 Å².